The molecule has 0 spiro atoms. The summed E-state index contributed by atoms with van der Waals surface area (Å²) >= 11 is 0. The van der Waals surface area contributed by atoms with E-state index in [1.807, 2.05) is 62.3 Å². The van der Waals surface area contributed by atoms with Crippen LogP contribution in [-0.4, -0.2) is 267 Å². The predicted octanol–water partition coefficient (Wildman–Crippen LogP) is 8.73. The van der Waals surface area contributed by atoms with Gasteiger partial charge in [0.25, 0.3) is 41.0 Å². The van der Waals surface area contributed by atoms with E-state index in [1.54, 1.807) is 46.6 Å². The Balaban J connectivity index is 0.000000234. The summed E-state index contributed by atoms with van der Waals surface area (Å²) in [5.41, 5.74) is 0. The first kappa shape index (κ1) is 104. The predicted molar refractivity (Wildman–Crippen MR) is 446 cm³/mol. The van der Waals surface area contributed by atoms with Gasteiger partial charge in [-0.2, -0.15) is 0 Å². The molecule has 10 fully saturated rings. The number of hydrogen-bond acceptors (Lipinski definition) is 25. The van der Waals surface area contributed by atoms with Crippen molar-refractivity contribution in [2.45, 2.75) is 389 Å². The lowest BCUT2D eigenvalue weighted by Gasteiger charge is -2.47. The summed E-state index contributed by atoms with van der Waals surface area (Å²) in [5.74, 6) is -18.7. The smallest absolute Gasteiger partial charge is 0.309 e. The normalized spacial score (nSPS) is 35.4. The highest BCUT2D eigenvalue weighted by molar-refractivity contribution is 6.40. The fourth-order valence-electron chi connectivity index (χ4n) is 19.1. The number of ether oxygens (including phenoxy) is 6. The summed E-state index contributed by atoms with van der Waals surface area (Å²) < 4.78 is 34.3. The number of amides is 5. The van der Waals surface area contributed by atoms with E-state index in [0.29, 0.717) is 103 Å². The van der Waals surface area contributed by atoms with Crippen molar-refractivity contribution in [2.75, 3.05) is 39.8 Å². The van der Waals surface area contributed by atoms with Crippen LogP contribution in [0.3, 0.4) is 0 Å². The van der Waals surface area contributed by atoms with Gasteiger partial charge in [0.05, 0.1) is 73.3 Å². The average molecular weight is 1710 g/mol. The Labute approximate surface area is 717 Å². The molecule has 121 heavy (non-hydrogen) atoms. The Morgan fingerprint density at radius 3 is 1.07 bits per heavy atom. The maximum atomic E-state index is 13.0. The van der Waals surface area contributed by atoms with E-state index in [4.69, 9.17) is 28.4 Å². The topological polar surface area (TPSA) is 412 Å². The number of methoxy groups -OCH3 is 1. The molecule has 0 saturated carbocycles. The number of hydrogen-bond donors (Lipinski definition) is 5. The molecule has 0 bridgehead atoms. The van der Waals surface area contributed by atoms with Gasteiger partial charge in [0.1, 0.15) is 0 Å². The zero-order valence-electron chi connectivity index (χ0n) is 76.6. The Kier molecular flexibility index (Phi) is 38.1. The summed E-state index contributed by atoms with van der Waals surface area (Å²) in [4.78, 5) is 181. The highest BCUT2D eigenvalue weighted by Gasteiger charge is 2.59. The summed E-state index contributed by atoms with van der Waals surface area (Å²) in [5, 5.41) is 54.6. The average Bonchev–Trinajstić information content (AvgIpc) is 1.76. The van der Waals surface area contributed by atoms with E-state index in [1.165, 1.54) is 47.3 Å². The third kappa shape index (κ3) is 24.6. The van der Waals surface area contributed by atoms with Crippen LogP contribution in [0.25, 0.3) is 0 Å². The van der Waals surface area contributed by atoms with Gasteiger partial charge < -0.3 is 78.5 Å². The second-order valence-corrected chi connectivity index (χ2v) is 38.3. The molecule has 10 aliphatic heterocycles. The lowest BCUT2D eigenvalue weighted by atomic mass is 9.79. The fraction of sp³-hybridized carbons (Fsp3) is 0.846. The Bertz CT molecular complexity index is 3640. The number of piperidine rings is 4. The van der Waals surface area contributed by atoms with Crippen LogP contribution in [0.2, 0.25) is 0 Å². The van der Waals surface area contributed by atoms with Gasteiger partial charge in [-0.05, 0) is 211 Å². The molecule has 10 rings (SSSR count). The van der Waals surface area contributed by atoms with Crippen molar-refractivity contribution in [3.63, 3.8) is 0 Å². The molecule has 0 aromatic carbocycles. The first-order chi connectivity index (χ1) is 56.3. The molecule has 10 saturated heterocycles. The van der Waals surface area contributed by atoms with E-state index in [2.05, 4.69) is 20.8 Å². The second-order valence-electron chi connectivity index (χ2n) is 38.3. The van der Waals surface area contributed by atoms with E-state index < -0.39 is 130 Å². The lowest BCUT2D eigenvalue weighted by molar-refractivity contribution is -0.300. The molecule has 0 aromatic rings. The molecule has 22 atom stereocenters. The van der Waals surface area contributed by atoms with Crippen molar-refractivity contribution in [2.24, 2.45) is 65.1 Å². The molecular weight excluding hydrogens is 1560 g/mol. The van der Waals surface area contributed by atoms with Crippen molar-refractivity contribution < 1.29 is 121 Å². The molecule has 5 N–H and O–H groups in total. The molecule has 10 aliphatic rings. The third-order valence-corrected chi connectivity index (χ3v) is 27.2. The number of nitrogens with zero attached hydrogens (tertiary/aromatic N) is 5. The minimum absolute atomic E-state index is 0.00170. The van der Waals surface area contributed by atoms with Gasteiger partial charge in [-0.3, -0.25) is 67.1 Å². The van der Waals surface area contributed by atoms with E-state index >= 15 is 0 Å². The monoisotopic (exact) mass is 1710 g/mol. The SMILES string of the molecule is CC(=O)[C@@H]1CCCCN1C(=O)C(=O)[C@]1(O)OC(C(C)C)CC[C@H]1C.CC(=O)[C@@H]1CCCCN1C(=O)C1(O)OC(C(C)C)CC[C@@H](C)C1=O.CC(=O)[C@@H]1CCCCN1C(=O)C[C@]1(O)OC(C(C)C)C(C)C[C@H]1C.CC(=O)[C@@H]1CCCN1C(=O)C(=O)[C@]1(O)OC(C(C)C)CC[C@H]1C.CO[C@H]1C[C@@H](C)[C@](O)(C(=O)C(=O)N2CCCC[C@H]2C(C)=O)OC1C(C)C. The van der Waals surface area contributed by atoms with E-state index in [-0.39, 0.29) is 113 Å². The number of carbonyl (C=O) groups excluding carboxylic acids is 14. The van der Waals surface area contributed by atoms with Crippen LogP contribution in [0.15, 0.2) is 0 Å². The van der Waals surface area contributed by atoms with Crippen molar-refractivity contribution in [1.29, 1.82) is 0 Å². The summed E-state index contributed by atoms with van der Waals surface area (Å²) in [6.07, 6.45) is 13.8. The lowest BCUT2D eigenvalue weighted by Crippen LogP contribution is -2.63. The van der Waals surface area contributed by atoms with Gasteiger partial charge in [-0.25, -0.2) is 0 Å². The van der Waals surface area contributed by atoms with Gasteiger partial charge in [-0.15, -0.1) is 0 Å². The van der Waals surface area contributed by atoms with Crippen molar-refractivity contribution >= 4 is 81.6 Å². The van der Waals surface area contributed by atoms with Crippen LogP contribution < -0.4 is 0 Å². The van der Waals surface area contributed by atoms with Crippen LogP contribution in [0.5, 0.6) is 0 Å². The maximum Gasteiger partial charge on any atom is 0.309 e. The largest absolute Gasteiger partial charge is 0.379 e. The minimum atomic E-state index is -2.48. The first-order valence-corrected chi connectivity index (χ1v) is 45.1. The highest BCUT2D eigenvalue weighted by Crippen LogP contribution is 2.44. The highest BCUT2D eigenvalue weighted by atomic mass is 16.7. The molecule has 7 unspecified atom stereocenters. The number of aliphatic hydroxyl groups is 5. The Morgan fingerprint density at radius 1 is 0.372 bits per heavy atom. The van der Waals surface area contributed by atoms with Crippen molar-refractivity contribution in [1.82, 2.24) is 24.5 Å². The molecule has 30 nitrogen and oxygen atoms in total. The molecule has 10 heterocycles. The van der Waals surface area contributed by atoms with Crippen LogP contribution in [-0.2, 0) is 95.5 Å². The Morgan fingerprint density at radius 2 is 0.702 bits per heavy atom. The first-order valence-electron chi connectivity index (χ1n) is 45.1. The molecule has 688 valence electrons. The van der Waals surface area contributed by atoms with Crippen molar-refractivity contribution in [3.8, 4) is 0 Å². The van der Waals surface area contributed by atoms with Crippen LogP contribution in [0.1, 0.15) is 293 Å². The van der Waals surface area contributed by atoms with Crippen LogP contribution in [0.4, 0.5) is 0 Å². The number of likely N-dealkylation sites (tertiary alicyclic amines) is 5. The summed E-state index contributed by atoms with van der Waals surface area (Å²) in [7, 11) is 1.57. The second kappa shape index (κ2) is 44.4. The summed E-state index contributed by atoms with van der Waals surface area (Å²) in [6.45, 7) is 39.9. The Hall–Kier alpha value is -6.06. The zero-order valence-corrected chi connectivity index (χ0v) is 76.6. The van der Waals surface area contributed by atoms with E-state index in [0.717, 1.165) is 77.0 Å². The van der Waals surface area contributed by atoms with Gasteiger partial charge in [-0.1, -0.05) is 111 Å². The van der Waals surface area contributed by atoms with Gasteiger partial charge in [0.2, 0.25) is 29.1 Å². The number of rotatable bonds is 20. The van der Waals surface area contributed by atoms with Gasteiger partial charge in [0, 0.05) is 69.4 Å². The third-order valence-electron chi connectivity index (χ3n) is 27.2. The van der Waals surface area contributed by atoms with Crippen molar-refractivity contribution in [3.05, 3.63) is 0 Å². The van der Waals surface area contributed by atoms with Gasteiger partial charge in [0.15, 0.2) is 34.7 Å². The van der Waals surface area contributed by atoms with Crippen LogP contribution >= 0.6 is 0 Å². The standard InChI is InChI=1S/C19H31NO6.C19H33NO4.2C18H29NO5.C17H27NO5/c1-11(2)16-15(25-5)10-12(3)19(24,26-16)17(22)18(23)20-9-7-6-8-14(20)13(4)21;1-12(2)18-13(3)10-14(4)19(23,24-18)11-17(22)20-9-7-6-8-16(20)15(5)21;1-11(2)15-9-8-12(3)18(23,24-15)16(21)17(22)19-10-6-5-7-14(19)13(4)20;1-11(2)15-9-8-12(3)16(21)18(23,24-15)17(22)19-10-6-5-7-14(19)13(4)20;1-10(2)14-8-7-11(3)17(22,23-14)15(20)16(21)18-9-5-6-13(18)12(4)19/h11-12,14-16,24H,6-10H2,1-5H3;12-14,16,18,23H,6-11H2,1-5H3;2*11-12,14-15,23H,5-10H2,1-4H3;10-11,13-14,22H,5-9H2,1-4H3/t12-,14+,15+,16?,19-;13?,14-,16+,18?,19+;12-,14+,15?,18-;12-,14+,15?,18?;11-,13+,14?,17-/m11111/s1. The molecular formula is C91H149N5O25. The quantitative estimate of drug-likeness (QED) is 0.0561. The molecule has 0 aromatic heterocycles. The molecule has 30 heteroatoms. The zero-order chi connectivity index (χ0) is 91.2. The number of Topliss-reactive ketones (excluding diaryl/α,β-unsaturated/α-hetero) is 9. The fourth-order valence-corrected chi connectivity index (χ4v) is 19.1. The number of ketones is 9. The maximum absolute atomic E-state index is 13.0. The van der Waals surface area contributed by atoms with Crippen LogP contribution in [0, 0.1) is 65.1 Å². The number of carbonyl (C=O) groups is 14. The molecule has 5 amide bonds. The molecule has 0 radical (unpaired) electrons. The minimum Gasteiger partial charge on any atom is -0.379 e. The summed E-state index contributed by atoms with van der Waals surface area (Å²) in [6, 6.07) is -2.65. The molecule has 0 aliphatic carbocycles. The van der Waals surface area contributed by atoms with E-state index in [9.17, 15) is 92.7 Å². The van der Waals surface area contributed by atoms with Gasteiger partial charge >= 0.3 is 5.79 Å².